The van der Waals surface area contributed by atoms with E-state index in [9.17, 15) is 27.2 Å². The van der Waals surface area contributed by atoms with E-state index in [1.54, 1.807) is 18.2 Å². The van der Waals surface area contributed by atoms with Crippen LogP contribution in [-0.4, -0.2) is 26.6 Å². The second kappa shape index (κ2) is 11.1. The Hall–Kier alpha value is -4.01. The van der Waals surface area contributed by atoms with Gasteiger partial charge in [0.05, 0.1) is 10.7 Å². The third kappa shape index (κ3) is 6.04. The summed E-state index contributed by atoms with van der Waals surface area (Å²) in [6.07, 6.45) is -3.36. The van der Waals surface area contributed by atoms with Gasteiger partial charge < -0.3 is 15.8 Å². The highest BCUT2D eigenvalue weighted by atomic mass is 79.9. The highest BCUT2D eigenvalue weighted by Gasteiger charge is 2.35. The molecule has 0 atom stereocenters. The fraction of sp³-hybridized carbons (Fsp3) is 0.0769. The van der Waals surface area contributed by atoms with Crippen LogP contribution in [0.15, 0.2) is 65.3 Å². The van der Waals surface area contributed by atoms with Gasteiger partial charge in [0.2, 0.25) is 0 Å². The van der Waals surface area contributed by atoms with E-state index in [1.807, 2.05) is 0 Å². The first kappa shape index (κ1) is 28.5. The molecular formula is C26H15BrClF4N5O3S. The van der Waals surface area contributed by atoms with Crippen molar-refractivity contribution in [2.45, 2.75) is 12.9 Å². The first-order chi connectivity index (χ1) is 19.4. The molecular weight excluding hydrogens is 654 g/mol. The van der Waals surface area contributed by atoms with Crippen LogP contribution >= 0.6 is 38.9 Å². The van der Waals surface area contributed by atoms with Crippen molar-refractivity contribution in [3.63, 3.8) is 0 Å². The second-order valence-electron chi connectivity index (χ2n) is 8.45. The van der Waals surface area contributed by atoms with E-state index >= 15 is 0 Å². The van der Waals surface area contributed by atoms with Gasteiger partial charge in [0.1, 0.15) is 27.0 Å². The van der Waals surface area contributed by atoms with E-state index in [4.69, 9.17) is 22.1 Å². The maximum absolute atomic E-state index is 13.7. The summed E-state index contributed by atoms with van der Waals surface area (Å²) in [5.41, 5.74) is 4.21. The van der Waals surface area contributed by atoms with Gasteiger partial charge in [-0.3, -0.25) is 9.59 Å². The standard InChI is InChI=1S/C26H15BrClF4N5O3S/c27-13-3-6-18(16(28)9-13)40-11-37-8-7-17(36-37)24(39)35-21-20-15(12-1-4-14(29)5-2-12)10-19(26(30,31)32)34-25(20)41-22(21)23(33)38/h1-10H,11H2,(H2,33,38)(H,35,39). The van der Waals surface area contributed by atoms with Gasteiger partial charge in [0.15, 0.2) is 12.4 Å². The normalized spacial score (nSPS) is 11.6. The topological polar surface area (TPSA) is 112 Å². The number of carbonyl (C=O) groups is 2. The van der Waals surface area contributed by atoms with Crippen LogP contribution in [0.25, 0.3) is 21.3 Å². The van der Waals surface area contributed by atoms with E-state index < -0.39 is 29.5 Å². The fourth-order valence-electron chi connectivity index (χ4n) is 3.85. The van der Waals surface area contributed by atoms with Crippen LogP contribution in [0.2, 0.25) is 5.02 Å². The van der Waals surface area contributed by atoms with Crippen LogP contribution in [0, 0.1) is 5.82 Å². The number of fused-ring (bicyclic) bond motifs is 1. The number of benzene rings is 2. The zero-order valence-electron chi connectivity index (χ0n) is 20.3. The molecule has 2 amide bonds. The Labute approximate surface area is 245 Å². The third-order valence-corrected chi connectivity index (χ3v) is 7.58. The molecule has 3 N–H and O–H groups in total. The van der Waals surface area contributed by atoms with E-state index in [-0.39, 0.29) is 44.3 Å². The maximum Gasteiger partial charge on any atom is 0.433 e. The molecule has 8 nitrogen and oxygen atoms in total. The molecule has 0 saturated carbocycles. The van der Waals surface area contributed by atoms with Gasteiger partial charge in [-0.2, -0.15) is 18.3 Å². The number of nitrogens with one attached hydrogen (secondary N) is 1. The van der Waals surface area contributed by atoms with Crippen LogP contribution < -0.4 is 15.8 Å². The highest BCUT2D eigenvalue weighted by molar-refractivity contribution is 9.10. The number of aromatic nitrogens is 3. The Morgan fingerprint density at radius 1 is 1.12 bits per heavy atom. The Kier molecular flexibility index (Phi) is 7.72. The van der Waals surface area contributed by atoms with Gasteiger partial charge in [-0.15, -0.1) is 11.3 Å². The van der Waals surface area contributed by atoms with Gasteiger partial charge >= 0.3 is 6.18 Å². The van der Waals surface area contributed by atoms with Crippen LogP contribution in [0.3, 0.4) is 0 Å². The molecule has 5 aromatic rings. The number of carbonyl (C=O) groups excluding carboxylic acids is 2. The lowest BCUT2D eigenvalue weighted by Gasteiger charge is -2.12. The van der Waals surface area contributed by atoms with Gasteiger partial charge in [-0.25, -0.2) is 14.1 Å². The summed E-state index contributed by atoms with van der Waals surface area (Å²) in [5, 5.41) is 7.08. The number of nitrogens with two attached hydrogens (primary N) is 1. The molecule has 2 aromatic carbocycles. The summed E-state index contributed by atoms with van der Waals surface area (Å²) in [5.74, 6) is -2.00. The van der Waals surface area contributed by atoms with Crippen molar-refractivity contribution in [3.05, 3.63) is 92.4 Å². The molecule has 210 valence electrons. The van der Waals surface area contributed by atoms with Crippen LogP contribution in [0.5, 0.6) is 5.75 Å². The number of ether oxygens (including phenoxy) is 1. The third-order valence-electron chi connectivity index (χ3n) is 5.69. The Morgan fingerprint density at radius 3 is 2.51 bits per heavy atom. The molecule has 5 rings (SSSR count). The lowest BCUT2D eigenvalue weighted by atomic mass is 10.0. The van der Waals surface area contributed by atoms with Gasteiger partial charge in [-0.1, -0.05) is 39.7 Å². The van der Waals surface area contributed by atoms with Crippen LogP contribution in [-0.2, 0) is 12.9 Å². The second-order valence-corrected chi connectivity index (χ2v) is 10.8. The van der Waals surface area contributed by atoms with Crippen molar-refractivity contribution >= 4 is 66.6 Å². The predicted molar refractivity (Wildman–Crippen MR) is 148 cm³/mol. The van der Waals surface area contributed by atoms with Crippen molar-refractivity contribution in [2.75, 3.05) is 5.32 Å². The summed E-state index contributed by atoms with van der Waals surface area (Å²) in [6.45, 7) is -0.0958. The number of hydrogen-bond acceptors (Lipinski definition) is 6. The minimum Gasteiger partial charge on any atom is -0.470 e. The number of rotatable bonds is 7. The summed E-state index contributed by atoms with van der Waals surface area (Å²) >= 11 is 10.0. The molecule has 0 aliphatic rings. The number of primary amides is 1. The quantitative estimate of drug-likeness (QED) is 0.179. The minimum atomic E-state index is -4.82. The zero-order chi connectivity index (χ0) is 29.5. The van der Waals surface area contributed by atoms with Crippen molar-refractivity contribution in [3.8, 4) is 16.9 Å². The van der Waals surface area contributed by atoms with Gasteiger partial charge in [-0.05, 0) is 53.6 Å². The average molecular weight is 669 g/mol. The zero-order valence-corrected chi connectivity index (χ0v) is 23.5. The summed E-state index contributed by atoms with van der Waals surface area (Å²) in [4.78, 5) is 28.7. The average Bonchev–Trinajstić information content (AvgIpc) is 3.53. The lowest BCUT2D eigenvalue weighted by Crippen LogP contribution is -2.18. The molecule has 3 aromatic heterocycles. The van der Waals surface area contributed by atoms with E-state index in [1.165, 1.54) is 29.1 Å². The van der Waals surface area contributed by atoms with Crippen molar-refractivity contribution in [1.29, 1.82) is 0 Å². The number of anilines is 1. The Morgan fingerprint density at radius 2 is 1.85 bits per heavy atom. The molecule has 15 heteroatoms. The van der Waals surface area contributed by atoms with E-state index in [0.29, 0.717) is 22.1 Å². The molecule has 3 heterocycles. The number of thiophene rings is 1. The minimum absolute atomic E-state index is 0.0319. The van der Waals surface area contributed by atoms with Crippen molar-refractivity contribution < 1.29 is 31.9 Å². The first-order valence-electron chi connectivity index (χ1n) is 11.4. The van der Waals surface area contributed by atoms with Crippen LogP contribution in [0.4, 0.5) is 23.2 Å². The summed E-state index contributed by atoms with van der Waals surface area (Å²) < 4.78 is 62.3. The molecule has 0 spiro atoms. The highest BCUT2D eigenvalue weighted by Crippen LogP contribution is 2.43. The Balaban J connectivity index is 1.51. The fourth-order valence-corrected chi connectivity index (χ4v) is 5.59. The number of alkyl halides is 3. The predicted octanol–water partition coefficient (Wildman–Crippen LogP) is 7.12. The SMILES string of the molecule is NC(=O)c1sc2nc(C(F)(F)F)cc(-c3ccc(F)cc3)c2c1NC(=O)c1ccn(COc2ccc(Br)cc2Cl)n1. The number of amides is 2. The first-order valence-corrected chi connectivity index (χ1v) is 13.4. The van der Waals surface area contributed by atoms with Crippen molar-refractivity contribution in [2.24, 2.45) is 5.73 Å². The summed E-state index contributed by atoms with van der Waals surface area (Å²) in [6, 6.07) is 11.9. The number of hydrogen-bond donors (Lipinski definition) is 2. The molecule has 0 unspecified atom stereocenters. The largest absolute Gasteiger partial charge is 0.470 e. The number of pyridine rings is 1. The number of halogens is 6. The molecule has 0 radical (unpaired) electrons. The van der Waals surface area contributed by atoms with Gasteiger partial charge in [0, 0.05) is 16.1 Å². The lowest BCUT2D eigenvalue weighted by molar-refractivity contribution is -0.140. The van der Waals surface area contributed by atoms with Crippen molar-refractivity contribution in [1.82, 2.24) is 14.8 Å². The van der Waals surface area contributed by atoms with Crippen LogP contribution in [0.1, 0.15) is 25.9 Å². The number of nitrogens with zero attached hydrogens (tertiary/aromatic N) is 3. The Bertz CT molecular complexity index is 1810. The summed E-state index contributed by atoms with van der Waals surface area (Å²) in [7, 11) is 0. The molecule has 0 aliphatic heterocycles. The van der Waals surface area contributed by atoms with Gasteiger partial charge in [0.25, 0.3) is 11.8 Å². The smallest absolute Gasteiger partial charge is 0.433 e. The monoisotopic (exact) mass is 667 g/mol. The van der Waals surface area contributed by atoms with E-state index in [2.05, 4.69) is 31.3 Å². The molecule has 0 aliphatic carbocycles. The maximum atomic E-state index is 13.7. The molecule has 0 saturated heterocycles. The molecule has 0 fully saturated rings. The molecule has 41 heavy (non-hydrogen) atoms. The van der Waals surface area contributed by atoms with E-state index in [0.717, 1.165) is 22.7 Å². The molecule has 0 bridgehead atoms.